The Labute approximate surface area is 212 Å². The van der Waals surface area contributed by atoms with Gasteiger partial charge in [-0.15, -0.1) is 11.3 Å². The van der Waals surface area contributed by atoms with Crippen molar-refractivity contribution < 1.29 is 9.59 Å². The van der Waals surface area contributed by atoms with Crippen LogP contribution in [0, 0.1) is 11.3 Å². The van der Waals surface area contributed by atoms with Crippen molar-refractivity contribution in [3.63, 3.8) is 0 Å². The van der Waals surface area contributed by atoms with Gasteiger partial charge in [0.25, 0.3) is 0 Å². The molecule has 1 aliphatic rings. The molecule has 170 valence electrons. The number of anilines is 3. The first-order valence-corrected chi connectivity index (χ1v) is 12.2. The number of Topliss-reactive ketones (excluding diaryl/α,β-unsaturated/α-hetero) is 2. The maximum atomic E-state index is 12.9. The van der Waals surface area contributed by atoms with Crippen LogP contribution in [0.3, 0.4) is 0 Å². The monoisotopic (exact) mass is 482 g/mol. The zero-order valence-electron chi connectivity index (χ0n) is 19.0. The third kappa shape index (κ3) is 3.61. The molecule has 5 heteroatoms. The van der Waals surface area contributed by atoms with E-state index in [9.17, 15) is 14.9 Å². The summed E-state index contributed by atoms with van der Waals surface area (Å²) < 4.78 is 0. The second-order valence-electron chi connectivity index (χ2n) is 8.43. The van der Waals surface area contributed by atoms with Crippen molar-refractivity contribution in [1.29, 1.82) is 5.26 Å². The second-order valence-corrected chi connectivity index (χ2v) is 9.53. The molecule has 0 aliphatic heterocycles. The topological polar surface area (TPSA) is 61.2 Å². The minimum atomic E-state index is -0.238. The van der Waals surface area contributed by atoms with Gasteiger partial charge >= 0.3 is 0 Å². The SMILES string of the molecule is N#Cc1cccc(N(c2ccc(C=C3C(=O)c4ccccc4C3=O)s2)c2cccc3ccccc23)c1. The number of carbonyl (C=O) groups excluding carboxylic acids is 2. The second kappa shape index (κ2) is 8.77. The molecule has 4 aromatic carbocycles. The van der Waals surface area contributed by atoms with Gasteiger partial charge in [0.05, 0.1) is 22.9 Å². The molecule has 36 heavy (non-hydrogen) atoms. The maximum absolute atomic E-state index is 12.9. The molecule has 0 unspecified atom stereocenters. The molecule has 1 aliphatic carbocycles. The van der Waals surface area contributed by atoms with Gasteiger partial charge in [0, 0.05) is 27.1 Å². The lowest BCUT2D eigenvalue weighted by Crippen LogP contribution is -2.09. The van der Waals surface area contributed by atoms with E-state index in [1.807, 2.05) is 48.5 Å². The summed E-state index contributed by atoms with van der Waals surface area (Å²) in [5.74, 6) is -0.476. The van der Waals surface area contributed by atoms with E-state index in [0.717, 1.165) is 32.0 Å². The predicted molar refractivity (Wildman–Crippen MR) is 144 cm³/mol. The van der Waals surface area contributed by atoms with Crippen LogP contribution in [0.1, 0.15) is 31.2 Å². The molecule has 0 N–H and O–H groups in total. The highest BCUT2D eigenvalue weighted by Crippen LogP contribution is 2.42. The van der Waals surface area contributed by atoms with Crippen molar-refractivity contribution in [2.75, 3.05) is 4.90 Å². The van der Waals surface area contributed by atoms with Gasteiger partial charge in [-0.2, -0.15) is 5.26 Å². The molecular weight excluding hydrogens is 464 g/mol. The predicted octanol–water partition coefficient (Wildman–Crippen LogP) is 7.71. The fourth-order valence-corrected chi connectivity index (χ4v) is 5.57. The van der Waals surface area contributed by atoms with Crippen molar-refractivity contribution in [2.24, 2.45) is 0 Å². The molecule has 1 heterocycles. The summed E-state index contributed by atoms with van der Waals surface area (Å²) in [6.07, 6.45) is 1.69. The summed E-state index contributed by atoms with van der Waals surface area (Å²) >= 11 is 1.48. The van der Waals surface area contributed by atoms with E-state index in [4.69, 9.17) is 0 Å². The molecule has 0 bridgehead atoms. The molecule has 0 amide bonds. The van der Waals surface area contributed by atoms with Gasteiger partial charge in [-0.25, -0.2) is 0 Å². The van der Waals surface area contributed by atoms with Crippen LogP contribution >= 0.6 is 11.3 Å². The van der Waals surface area contributed by atoms with Crippen molar-refractivity contribution in [3.8, 4) is 6.07 Å². The molecule has 0 atom stereocenters. The Morgan fingerprint density at radius 1 is 0.750 bits per heavy atom. The first-order chi connectivity index (χ1) is 17.6. The van der Waals surface area contributed by atoms with Gasteiger partial charge in [0.2, 0.25) is 0 Å². The van der Waals surface area contributed by atoms with Crippen molar-refractivity contribution in [1.82, 2.24) is 0 Å². The highest BCUT2D eigenvalue weighted by atomic mass is 32.1. The van der Waals surface area contributed by atoms with E-state index >= 15 is 0 Å². The number of benzene rings is 4. The largest absolute Gasteiger partial charge is 0.301 e. The average Bonchev–Trinajstić information content (AvgIpc) is 3.48. The molecule has 1 aromatic heterocycles. The third-order valence-corrected chi connectivity index (χ3v) is 7.28. The van der Waals surface area contributed by atoms with E-state index in [0.29, 0.717) is 16.7 Å². The normalized spacial score (nSPS) is 12.5. The number of allylic oxidation sites excluding steroid dienone is 1. The Morgan fingerprint density at radius 3 is 2.22 bits per heavy atom. The lowest BCUT2D eigenvalue weighted by Gasteiger charge is -2.25. The maximum Gasteiger partial charge on any atom is 0.197 e. The van der Waals surface area contributed by atoms with Gasteiger partial charge < -0.3 is 4.90 Å². The van der Waals surface area contributed by atoms with Crippen LogP contribution in [0.25, 0.3) is 16.8 Å². The standard InChI is InChI=1S/C31H18N2O2S/c32-19-20-7-5-10-22(17-20)33(28-14-6-9-21-8-1-2-11-24(21)28)29-16-15-23(36-29)18-27-30(34)25-12-3-4-13-26(25)31(27)35/h1-18H. The van der Waals surface area contributed by atoms with Crippen LogP contribution in [0.2, 0.25) is 0 Å². The number of fused-ring (bicyclic) bond motifs is 2. The summed E-state index contributed by atoms with van der Waals surface area (Å²) in [7, 11) is 0. The Bertz CT molecular complexity index is 1710. The Morgan fingerprint density at radius 2 is 1.44 bits per heavy atom. The van der Waals surface area contributed by atoms with Gasteiger partial charge in [-0.1, -0.05) is 66.7 Å². The number of hydrogen-bond acceptors (Lipinski definition) is 5. The minimum absolute atomic E-state index is 0.188. The highest BCUT2D eigenvalue weighted by Gasteiger charge is 2.32. The number of thiophene rings is 1. The highest BCUT2D eigenvalue weighted by molar-refractivity contribution is 7.17. The van der Waals surface area contributed by atoms with Crippen LogP contribution in [0.4, 0.5) is 16.4 Å². The summed E-state index contributed by atoms with van der Waals surface area (Å²) in [6, 6.07) is 34.9. The van der Waals surface area contributed by atoms with Crippen LogP contribution in [0.15, 0.2) is 109 Å². The molecule has 0 radical (unpaired) electrons. The zero-order chi connectivity index (χ0) is 24.6. The van der Waals surface area contributed by atoms with E-state index in [1.54, 1.807) is 36.4 Å². The fraction of sp³-hybridized carbons (Fsp3) is 0. The number of rotatable bonds is 4. The van der Waals surface area contributed by atoms with E-state index in [2.05, 4.69) is 35.2 Å². The number of carbonyl (C=O) groups is 2. The summed E-state index contributed by atoms with van der Waals surface area (Å²) in [6.45, 7) is 0. The van der Waals surface area contributed by atoms with Crippen LogP contribution in [0.5, 0.6) is 0 Å². The Balaban J connectivity index is 1.48. The quantitative estimate of drug-likeness (QED) is 0.194. The molecule has 4 nitrogen and oxygen atoms in total. The van der Waals surface area contributed by atoms with Crippen molar-refractivity contribution in [2.45, 2.75) is 0 Å². The lowest BCUT2D eigenvalue weighted by molar-refractivity contribution is 0.0990. The molecule has 0 fully saturated rings. The van der Waals surface area contributed by atoms with Gasteiger partial charge in [-0.05, 0) is 47.9 Å². The zero-order valence-corrected chi connectivity index (χ0v) is 19.8. The molecule has 5 aromatic rings. The molecular formula is C31H18N2O2S. The summed E-state index contributed by atoms with van der Waals surface area (Å²) in [5.41, 5.74) is 3.49. The number of ketones is 2. The Hall–Kier alpha value is -4.79. The third-order valence-electron chi connectivity index (χ3n) is 6.27. The lowest BCUT2D eigenvalue weighted by atomic mass is 10.1. The van der Waals surface area contributed by atoms with Gasteiger partial charge in [-0.3, -0.25) is 9.59 Å². The summed E-state index contributed by atoms with van der Waals surface area (Å²) in [5, 5.41) is 12.6. The first kappa shape index (κ1) is 21.7. The van der Waals surface area contributed by atoms with Crippen LogP contribution in [-0.2, 0) is 0 Å². The summed E-state index contributed by atoms with van der Waals surface area (Å²) in [4.78, 5) is 28.7. The van der Waals surface area contributed by atoms with Crippen molar-refractivity contribution in [3.05, 3.63) is 130 Å². The minimum Gasteiger partial charge on any atom is -0.301 e. The number of nitriles is 1. The molecule has 0 spiro atoms. The molecule has 0 saturated carbocycles. The fourth-order valence-electron chi connectivity index (χ4n) is 4.59. The van der Waals surface area contributed by atoms with E-state index in [1.165, 1.54) is 11.3 Å². The molecule has 0 saturated heterocycles. The average molecular weight is 483 g/mol. The first-order valence-electron chi connectivity index (χ1n) is 11.4. The number of nitrogens with zero attached hydrogens (tertiary/aromatic N) is 2. The van der Waals surface area contributed by atoms with E-state index < -0.39 is 0 Å². The van der Waals surface area contributed by atoms with Crippen LogP contribution in [-0.4, -0.2) is 11.6 Å². The molecule has 6 rings (SSSR count). The van der Waals surface area contributed by atoms with Gasteiger partial charge in [0.15, 0.2) is 11.6 Å². The van der Waals surface area contributed by atoms with Gasteiger partial charge in [0.1, 0.15) is 5.00 Å². The Kier molecular flexibility index (Phi) is 5.29. The van der Waals surface area contributed by atoms with Crippen molar-refractivity contribution >= 4 is 56.1 Å². The van der Waals surface area contributed by atoms with Crippen LogP contribution < -0.4 is 4.90 Å². The number of hydrogen-bond donors (Lipinski definition) is 0. The van der Waals surface area contributed by atoms with E-state index in [-0.39, 0.29) is 17.1 Å². The smallest absolute Gasteiger partial charge is 0.197 e.